The molecular formula is C16H27ClN4O3. The summed E-state index contributed by atoms with van der Waals surface area (Å²) in [6.45, 7) is 6.78. The number of amides is 1. The fourth-order valence-electron chi connectivity index (χ4n) is 2.58. The number of carbonyl (C=O) groups is 1. The third kappa shape index (κ3) is 7.14. The van der Waals surface area contributed by atoms with E-state index < -0.39 is 10.5 Å². The second-order valence-electron chi connectivity index (χ2n) is 6.36. The maximum absolute atomic E-state index is 12.1. The Kier molecular flexibility index (Phi) is 9.32. The zero-order chi connectivity index (χ0) is 17.5. The first-order valence-electron chi connectivity index (χ1n) is 7.76. The molecule has 0 aliphatic heterocycles. The molecule has 1 unspecified atom stereocenters. The number of anilines is 1. The van der Waals surface area contributed by atoms with E-state index in [1.807, 2.05) is 6.92 Å². The molecule has 0 saturated carbocycles. The predicted molar refractivity (Wildman–Crippen MR) is 98.5 cm³/mol. The normalized spacial score (nSPS) is 12.9. The summed E-state index contributed by atoms with van der Waals surface area (Å²) in [4.78, 5) is 22.5. The molecule has 0 aliphatic carbocycles. The van der Waals surface area contributed by atoms with Crippen molar-refractivity contribution in [2.45, 2.75) is 39.2 Å². The van der Waals surface area contributed by atoms with E-state index >= 15 is 0 Å². The summed E-state index contributed by atoms with van der Waals surface area (Å²) in [6, 6.07) is 6.37. The summed E-state index contributed by atoms with van der Waals surface area (Å²) in [7, 11) is 0. The molecule has 0 aromatic heterocycles. The first kappa shape index (κ1) is 22.1. The lowest BCUT2D eigenvalue weighted by molar-refractivity contribution is -0.384. The van der Waals surface area contributed by atoms with E-state index in [1.54, 1.807) is 18.2 Å². The minimum absolute atomic E-state index is 0. The number of nitro groups is 1. The summed E-state index contributed by atoms with van der Waals surface area (Å²) >= 11 is 0. The summed E-state index contributed by atoms with van der Waals surface area (Å²) in [5, 5.41) is 16.8. The lowest BCUT2D eigenvalue weighted by Crippen LogP contribution is -2.52. The monoisotopic (exact) mass is 358 g/mol. The van der Waals surface area contributed by atoms with Gasteiger partial charge in [0.25, 0.3) is 5.69 Å². The Balaban J connectivity index is 0.00000529. The molecule has 8 heteroatoms. The van der Waals surface area contributed by atoms with Crippen LogP contribution in [-0.4, -0.2) is 29.5 Å². The Labute approximate surface area is 148 Å². The van der Waals surface area contributed by atoms with Crippen LogP contribution in [0, 0.1) is 16.0 Å². The fourth-order valence-corrected chi connectivity index (χ4v) is 2.58. The van der Waals surface area contributed by atoms with E-state index in [4.69, 9.17) is 5.73 Å². The molecule has 24 heavy (non-hydrogen) atoms. The van der Waals surface area contributed by atoms with Gasteiger partial charge in [-0.2, -0.15) is 0 Å². The zero-order valence-electron chi connectivity index (χ0n) is 14.4. The van der Waals surface area contributed by atoms with Crippen molar-refractivity contribution < 1.29 is 9.72 Å². The molecule has 0 heterocycles. The number of para-hydroxylation sites is 2. The number of hydrogen-bond donors (Lipinski definition) is 3. The van der Waals surface area contributed by atoms with Crippen LogP contribution in [0.15, 0.2) is 24.3 Å². The van der Waals surface area contributed by atoms with Crippen molar-refractivity contribution in [1.82, 2.24) is 5.32 Å². The maximum Gasteiger partial charge on any atom is 0.292 e. The number of hydrogen-bond acceptors (Lipinski definition) is 5. The second kappa shape index (κ2) is 10.1. The number of benzene rings is 1. The molecule has 1 atom stereocenters. The van der Waals surface area contributed by atoms with Crippen molar-refractivity contribution in [2.75, 3.05) is 18.4 Å². The van der Waals surface area contributed by atoms with E-state index in [2.05, 4.69) is 24.5 Å². The van der Waals surface area contributed by atoms with Crippen LogP contribution in [0.25, 0.3) is 0 Å². The first-order valence-corrected chi connectivity index (χ1v) is 7.76. The van der Waals surface area contributed by atoms with Gasteiger partial charge in [-0.25, -0.2) is 0 Å². The van der Waals surface area contributed by atoms with Crippen molar-refractivity contribution in [3.8, 4) is 0 Å². The number of halogens is 1. The van der Waals surface area contributed by atoms with Gasteiger partial charge < -0.3 is 16.4 Å². The standard InChI is InChI=1S/C16H26N4O3.ClH/c1-12(2)10-16(3,11-17)19-15(21)8-9-18-13-6-4-5-7-14(13)20(22)23;/h4-7,12,18H,8-11,17H2,1-3H3,(H,19,21);1H. The van der Waals surface area contributed by atoms with Crippen LogP contribution < -0.4 is 16.4 Å². The lowest BCUT2D eigenvalue weighted by Gasteiger charge is -2.31. The van der Waals surface area contributed by atoms with Crippen LogP contribution >= 0.6 is 12.4 Å². The van der Waals surface area contributed by atoms with Gasteiger partial charge in [0, 0.05) is 31.1 Å². The molecule has 0 aliphatic rings. The van der Waals surface area contributed by atoms with Crippen LogP contribution in [0.1, 0.15) is 33.6 Å². The summed E-state index contributed by atoms with van der Waals surface area (Å²) in [5.74, 6) is 0.304. The second-order valence-corrected chi connectivity index (χ2v) is 6.36. The molecule has 1 aromatic rings. The molecule has 0 radical (unpaired) electrons. The number of nitrogens with one attached hydrogen (secondary N) is 2. The highest BCUT2D eigenvalue weighted by Crippen LogP contribution is 2.23. The van der Waals surface area contributed by atoms with Gasteiger partial charge in [0.05, 0.1) is 4.92 Å². The average Bonchev–Trinajstić information content (AvgIpc) is 2.46. The van der Waals surface area contributed by atoms with Crippen LogP contribution in [0.3, 0.4) is 0 Å². The third-order valence-corrected chi connectivity index (χ3v) is 3.52. The van der Waals surface area contributed by atoms with Gasteiger partial charge in [-0.3, -0.25) is 14.9 Å². The molecule has 7 nitrogen and oxygen atoms in total. The van der Waals surface area contributed by atoms with Crippen molar-refractivity contribution in [3.05, 3.63) is 34.4 Å². The van der Waals surface area contributed by atoms with Crippen LogP contribution in [-0.2, 0) is 4.79 Å². The summed E-state index contributed by atoms with van der Waals surface area (Å²) in [5.41, 5.74) is 5.76. The summed E-state index contributed by atoms with van der Waals surface area (Å²) in [6.07, 6.45) is 1.02. The Morgan fingerprint density at radius 1 is 1.38 bits per heavy atom. The minimum Gasteiger partial charge on any atom is -0.379 e. The molecule has 4 N–H and O–H groups in total. The number of nitrogens with zero attached hydrogens (tertiary/aromatic N) is 1. The van der Waals surface area contributed by atoms with E-state index in [-0.39, 0.29) is 30.4 Å². The average molecular weight is 359 g/mol. The van der Waals surface area contributed by atoms with Gasteiger partial charge in [-0.05, 0) is 25.3 Å². The molecule has 136 valence electrons. The molecule has 1 amide bonds. The van der Waals surface area contributed by atoms with Crippen LogP contribution in [0.4, 0.5) is 11.4 Å². The Morgan fingerprint density at radius 3 is 2.54 bits per heavy atom. The van der Waals surface area contributed by atoms with Gasteiger partial charge in [0.1, 0.15) is 5.69 Å². The Hall–Kier alpha value is -1.86. The number of carbonyl (C=O) groups excluding carboxylic acids is 1. The molecule has 0 bridgehead atoms. The van der Waals surface area contributed by atoms with Crippen LogP contribution in [0.5, 0.6) is 0 Å². The summed E-state index contributed by atoms with van der Waals surface area (Å²) < 4.78 is 0. The minimum atomic E-state index is -0.448. The zero-order valence-corrected chi connectivity index (χ0v) is 15.2. The molecule has 1 aromatic carbocycles. The smallest absolute Gasteiger partial charge is 0.292 e. The van der Waals surface area contributed by atoms with E-state index in [1.165, 1.54) is 6.07 Å². The van der Waals surface area contributed by atoms with Gasteiger partial charge in [-0.15, -0.1) is 12.4 Å². The van der Waals surface area contributed by atoms with Gasteiger partial charge in [-0.1, -0.05) is 26.0 Å². The number of rotatable bonds is 9. The number of nitrogens with two attached hydrogens (primary N) is 1. The predicted octanol–water partition coefficient (Wildman–Crippen LogP) is 2.70. The molecule has 0 spiro atoms. The Bertz CT molecular complexity index is 554. The molecule has 1 rings (SSSR count). The highest BCUT2D eigenvalue weighted by atomic mass is 35.5. The topological polar surface area (TPSA) is 110 Å². The largest absolute Gasteiger partial charge is 0.379 e. The van der Waals surface area contributed by atoms with E-state index in [0.29, 0.717) is 24.7 Å². The number of nitro benzene ring substituents is 1. The van der Waals surface area contributed by atoms with Gasteiger partial charge in [0.2, 0.25) is 5.91 Å². The molecule has 0 saturated heterocycles. The lowest BCUT2D eigenvalue weighted by atomic mass is 9.90. The van der Waals surface area contributed by atoms with Gasteiger partial charge in [0.15, 0.2) is 0 Å². The van der Waals surface area contributed by atoms with E-state index in [9.17, 15) is 14.9 Å². The van der Waals surface area contributed by atoms with Crippen molar-refractivity contribution in [3.63, 3.8) is 0 Å². The molecule has 0 fully saturated rings. The molecular weight excluding hydrogens is 332 g/mol. The van der Waals surface area contributed by atoms with Crippen molar-refractivity contribution >= 4 is 29.7 Å². The van der Waals surface area contributed by atoms with Crippen molar-refractivity contribution in [1.29, 1.82) is 0 Å². The third-order valence-electron chi connectivity index (χ3n) is 3.52. The Morgan fingerprint density at radius 2 is 2.00 bits per heavy atom. The fraction of sp³-hybridized carbons (Fsp3) is 0.562. The quantitative estimate of drug-likeness (QED) is 0.464. The van der Waals surface area contributed by atoms with Crippen LogP contribution in [0.2, 0.25) is 0 Å². The van der Waals surface area contributed by atoms with Gasteiger partial charge >= 0.3 is 0 Å². The maximum atomic E-state index is 12.1. The first-order chi connectivity index (χ1) is 10.8. The SMILES string of the molecule is CC(C)CC(C)(CN)NC(=O)CCNc1ccccc1[N+](=O)[O-].Cl. The van der Waals surface area contributed by atoms with Crippen molar-refractivity contribution in [2.24, 2.45) is 11.7 Å². The highest BCUT2D eigenvalue weighted by molar-refractivity contribution is 5.85. The highest BCUT2D eigenvalue weighted by Gasteiger charge is 2.25. The van der Waals surface area contributed by atoms with E-state index in [0.717, 1.165) is 6.42 Å².